The number of halogens is 1. The molecule has 0 radical (unpaired) electrons. The number of nitrogens with one attached hydrogen (secondary N) is 1. The first-order chi connectivity index (χ1) is 10.8. The number of rotatable bonds is 3. The summed E-state index contributed by atoms with van der Waals surface area (Å²) in [7, 11) is 0. The number of hydrogen-bond donors (Lipinski definition) is 3. The Morgan fingerprint density at radius 3 is 2.17 bits per heavy atom. The van der Waals surface area contributed by atoms with Crippen molar-refractivity contribution in [3.63, 3.8) is 0 Å². The van der Waals surface area contributed by atoms with E-state index < -0.39 is 11.9 Å². The second kappa shape index (κ2) is 9.51. The molecule has 0 bridgehead atoms. The topological polar surface area (TPSA) is 89.9 Å². The van der Waals surface area contributed by atoms with E-state index in [4.69, 9.17) is 10.2 Å². The van der Waals surface area contributed by atoms with E-state index in [2.05, 4.69) is 70.9 Å². The highest BCUT2D eigenvalue weighted by molar-refractivity contribution is 14.1. The van der Waals surface area contributed by atoms with Gasteiger partial charge in [0.15, 0.2) is 0 Å². The summed E-state index contributed by atoms with van der Waals surface area (Å²) < 4.78 is 1.30. The van der Waals surface area contributed by atoms with Crippen LogP contribution in [0.15, 0.2) is 36.4 Å². The Morgan fingerprint density at radius 1 is 1.17 bits per heavy atom. The molecule has 0 unspecified atom stereocenters. The quantitative estimate of drug-likeness (QED) is 0.502. The number of carboxylic acid groups (broad SMARTS) is 2. The molecule has 0 spiro atoms. The molecule has 1 aromatic rings. The van der Waals surface area contributed by atoms with Gasteiger partial charge < -0.3 is 20.4 Å². The van der Waals surface area contributed by atoms with E-state index in [0.29, 0.717) is 24.2 Å². The van der Waals surface area contributed by atoms with Gasteiger partial charge in [0, 0.05) is 46.6 Å². The molecule has 2 atom stereocenters. The minimum atomic E-state index is -1.26. The number of carbonyl (C=O) groups is 2. The average molecular weight is 432 g/mol. The molecule has 23 heavy (non-hydrogen) atoms. The van der Waals surface area contributed by atoms with Gasteiger partial charge in [0.25, 0.3) is 0 Å². The molecule has 126 valence electrons. The van der Waals surface area contributed by atoms with Gasteiger partial charge in [0.05, 0.1) is 0 Å². The highest BCUT2D eigenvalue weighted by Gasteiger charge is 2.22. The van der Waals surface area contributed by atoms with Crippen LogP contribution < -0.4 is 10.2 Å². The van der Waals surface area contributed by atoms with Crippen molar-refractivity contribution in [3.8, 4) is 0 Å². The van der Waals surface area contributed by atoms with Crippen LogP contribution in [-0.2, 0) is 9.59 Å². The van der Waals surface area contributed by atoms with Gasteiger partial charge in [-0.2, -0.15) is 0 Å². The van der Waals surface area contributed by atoms with Crippen molar-refractivity contribution in [1.82, 2.24) is 5.32 Å². The van der Waals surface area contributed by atoms with Gasteiger partial charge in [-0.15, -0.1) is 0 Å². The number of anilines is 1. The van der Waals surface area contributed by atoms with Gasteiger partial charge in [0.2, 0.25) is 0 Å². The smallest absolute Gasteiger partial charge is 0.328 e. The molecule has 7 heteroatoms. The molecule has 3 N–H and O–H groups in total. The van der Waals surface area contributed by atoms with Crippen molar-refractivity contribution in [3.05, 3.63) is 40.0 Å². The first-order valence-corrected chi connectivity index (χ1v) is 8.27. The Hall–Kier alpha value is -1.61. The van der Waals surface area contributed by atoms with Crippen molar-refractivity contribution in [2.45, 2.75) is 25.9 Å². The van der Waals surface area contributed by atoms with E-state index in [9.17, 15) is 9.59 Å². The van der Waals surface area contributed by atoms with Gasteiger partial charge in [-0.3, -0.25) is 0 Å². The van der Waals surface area contributed by atoms with Gasteiger partial charge in [-0.05, 0) is 60.7 Å². The van der Waals surface area contributed by atoms with E-state index in [-0.39, 0.29) is 0 Å². The normalized spacial score (nSPS) is 20.7. The molecule has 2 rings (SSSR count). The average Bonchev–Trinajstić information content (AvgIpc) is 2.49. The Balaban J connectivity index is 0.000000284. The lowest BCUT2D eigenvalue weighted by Gasteiger charge is -2.39. The summed E-state index contributed by atoms with van der Waals surface area (Å²) in [5.41, 5.74) is 1.34. The van der Waals surface area contributed by atoms with Crippen molar-refractivity contribution in [2.75, 3.05) is 18.0 Å². The third kappa shape index (κ3) is 7.47. The SMILES string of the molecule is C[C@@H]1CN(c2ccc(I)cc2)[C@@H](C)CN1.O=C(O)/C=C/C(=O)O. The third-order valence-corrected chi connectivity index (χ3v) is 4.01. The minimum Gasteiger partial charge on any atom is -0.478 e. The lowest BCUT2D eigenvalue weighted by Crippen LogP contribution is -2.54. The number of carboxylic acids is 2. The van der Waals surface area contributed by atoms with Gasteiger partial charge in [-0.1, -0.05) is 0 Å². The van der Waals surface area contributed by atoms with Gasteiger partial charge in [-0.25, -0.2) is 9.59 Å². The van der Waals surface area contributed by atoms with E-state index in [1.807, 2.05) is 0 Å². The highest BCUT2D eigenvalue weighted by Crippen LogP contribution is 2.20. The van der Waals surface area contributed by atoms with E-state index in [0.717, 1.165) is 13.1 Å². The largest absolute Gasteiger partial charge is 0.478 e. The zero-order valence-electron chi connectivity index (χ0n) is 13.1. The Labute approximate surface area is 149 Å². The maximum Gasteiger partial charge on any atom is 0.328 e. The second-order valence-electron chi connectivity index (χ2n) is 5.30. The summed E-state index contributed by atoms with van der Waals surface area (Å²) in [5, 5.41) is 19.1. The highest BCUT2D eigenvalue weighted by atomic mass is 127. The summed E-state index contributed by atoms with van der Waals surface area (Å²) in [6.45, 7) is 6.69. The molecule has 0 aromatic heterocycles. The zero-order valence-corrected chi connectivity index (χ0v) is 15.2. The number of piperazine rings is 1. The predicted octanol–water partition coefficient (Wildman–Crippen LogP) is 2.19. The van der Waals surface area contributed by atoms with Gasteiger partial charge >= 0.3 is 11.9 Å². The van der Waals surface area contributed by atoms with Crippen LogP contribution in [0.4, 0.5) is 5.69 Å². The summed E-state index contributed by atoms with van der Waals surface area (Å²) in [5.74, 6) is -2.51. The third-order valence-electron chi connectivity index (χ3n) is 3.29. The minimum absolute atomic E-state index is 0.558. The van der Waals surface area contributed by atoms with Crippen molar-refractivity contribution < 1.29 is 19.8 Å². The van der Waals surface area contributed by atoms with Crippen LogP contribution in [0.3, 0.4) is 0 Å². The van der Waals surface area contributed by atoms with E-state index in [1.165, 1.54) is 9.26 Å². The number of hydrogen-bond acceptors (Lipinski definition) is 4. The summed E-state index contributed by atoms with van der Waals surface area (Å²) in [6, 6.07) is 9.96. The van der Waals surface area contributed by atoms with Crippen LogP contribution in [0.2, 0.25) is 0 Å². The predicted molar refractivity (Wildman–Crippen MR) is 97.8 cm³/mol. The molecule has 1 aliphatic heterocycles. The maximum atomic E-state index is 9.55. The van der Waals surface area contributed by atoms with Crippen LogP contribution in [0.5, 0.6) is 0 Å². The van der Waals surface area contributed by atoms with Crippen LogP contribution in [0, 0.1) is 3.57 Å². The van der Waals surface area contributed by atoms with Crippen LogP contribution in [0.1, 0.15) is 13.8 Å². The van der Waals surface area contributed by atoms with E-state index in [1.54, 1.807) is 0 Å². The van der Waals surface area contributed by atoms with Crippen LogP contribution in [-0.4, -0.2) is 47.3 Å². The molecule has 1 heterocycles. The molecular formula is C16H21IN2O4. The number of aliphatic carboxylic acids is 2. The number of benzene rings is 1. The van der Waals surface area contributed by atoms with Crippen molar-refractivity contribution in [2.24, 2.45) is 0 Å². The van der Waals surface area contributed by atoms with E-state index >= 15 is 0 Å². The lowest BCUT2D eigenvalue weighted by molar-refractivity contribution is -0.134. The fourth-order valence-corrected chi connectivity index (χ4v) is 2.52. The fraction of sp³-hybridized carbons (Fsp3) is 0.375. The van der Waals surface area contributed by atoms with Gasteiger partial charge in [0.1, 0.15) is 0 Å². The molecule has 6 nitrogen and oxygen atoms in total. The first kappa shape index (κ1) is 19.4. The molecule has 1 aliphatic rings. The molecule has 0 amide bonds. The standard InChI is InChI=1S/C12H17IN2.C4H4O4/c1-9-8-15(10(2)7-14-9)12-5-3-11(13)4-6-12;5-3(6)1-2-4(7)8/h3-6,9-10,14H,7-8H2,1-2H3;1-2H,(H,5,6)(H,7,8)/b;2-1+/t9-,10+;/m1./s1. The molecule has 1 fully saturated rings. The first-order valence-electron chi connectivity index (χ1n) is 7.19. The monoisotopic (exact) mass is 432 g/mol. The van der Waals surface area contributed by atoms with Crippen LogP contribution in [0.25, 0.3) is 0 Å². The van der Waals surface area contributed by atoms with Crippen LogP contribution >= 0.6 is 22.6 Å². The van der Waals surface area contributed by atoms with Crippen molar-refractivity contribution in [1.29, 1.82) is 0 Å². The molecule has 1 aromatic carbocycles. The summed E-state index contributed by atoms with van der Waals surface area (Å²) in [4.78, 5) is 21.6. The Morgan fingerprint density at radius 2 is 1.70 bits per heavy atom. The summed E-state index contributed by atoms with van der Waals surface area (Å²) >= 11 is 2.35. The fourth-order valence-electron chi connectivity index (χ4n) is 2.16. The Bertz CT molecular complexity index is 544. The number of nitrogens with zero attached hydrogens (tertiary/aromatic N) is 1. The zero-order chi connectivity index (χ0) is 17.4. The maximum absolute atomic E-state index is 9.55. The Kier molecular flexibility index (Phi) is 8.04. The summed E-state index contributed by atoms with van der Waals surface area (Å²) in [6.07, 6.45) is 1.12. The second-order valence-corrected chi connectivity index (χ2v) is 6.54. The molecule has 0 aliphatic carbocycles. The molecule has 0 saturated carbocycles. The molecular weight excluding hydrogens is 411 g/mol. The lowest BCUT2D eigenvalue weighted by atomic mass is 10.1. The molecule has 1 saturated heterocycles. The van der Waals surface area contributed by atoms with Crippen molar-refractivity contribution >= 4 is 40.2 Å².